The number of rotatable bonds is 4. The molecule has 0 bridgehead atoms. The van der Waals surface area contributed by atoms with Gasteiger partial charge in [0.2, 0.25) is 5.91 Å². The van der Waals surface area contributed by atoms with E-state index in [-0.39, 0.29) is 5.91 Å². The number of fused-ring (bicyclic) bond motifs is 1. The van der Waals surface area contributed by atoms with Crippen LogP contribution in [-0.4, -0.2) is 22.6 Å². The number of hydrogen-bond donors (Lipinski definition) is 0. The molecule has 2 aromatic heterocycles. The van der Waals surface area contributed by atoms with E-state index >= 15 is 0 Å². The number of pyridine rings is 1. The van der Waals surface area contributed by atoms with E-state index in [1.807, 2.05) is 54.6 Å². The lowest BCUT2D eigenvalue weighted by Gasteiger charge is -2.11. The second-order valence-electron chi connectivity index (χ2n) is 6.13. The highest BCUT2D eigenvalue weighted by Crippen LogP contribution is 2.34. The van der Waals surface area contributed by atoms with Crippen molar-refractivity contribution in [2.75, 3.05) is 7.11 Å². The van der Waals surface area contributed by atoms with Gasteiger partial charge in [-0.1, -0.05) is 30.3 Å². The summed E-state index contributed by atoms with van der Waals surface area (Å²) in [6.45, 7) is 1.51. The van der Waals surface area contributed by atoms with Crippen molar-refractivity contribution >= 4 is 16.8 Å². The third kappa shape index (κ3) is 3.40. The van der Waals surface area contributed by atoms with Crippen LogP contribution >= 0.6 is 0 Å². The van der Waals surface area contributed by atoms with Gasteiger partial charge < -0.3 is 9.47 Å². The Labute approximate surface area is 156 Å². The standard InChI is InChI=1S/C22H18N2O3/c1-15(25)24-11-10-18(14-24)27-22-13-20(16-6-4-3-5-7-16)23-21-12-17(26-2)8-9-19(21)22/h3-14H,1-2H3. The molecule has 2 aromatic carbocycles. The molecular formula is C22H18N2O3. The van der Waals surface area contributed by atoms with Crippen molar-refractivity contribution in [3.63, 3.8) is 0 Å². The average molecular weight is 358 g/mol. The maximum atomic E-state index is 11.5. The number of nitrogens with zero attached hydrogens (tertiary/aromatic N) is 2. The van der Waals surface area contributed by atoms with E-state index in [1.165, 1.54) is 11.5 Å². The topological polar surface area (TPSA) is 53.4 Å². The van der Waals surface area contributed by atoms with E-state index in [9.17, 15) is 4.79 Å². The van der Waals surface area contributed by atoms with Crippen molar-refractivity contribution in [3.8, 4) is 28.5 Å². The van der Waals surface area contributed by atoms with Gasteiger partial charge in [-0.3, -0.25) is 9.36 Å². The lowest BCUT2D eigenvalue weighted by Crippen LogP contribution is -2.00. The second-order valence-corrected chi connectivity index (χ2v) is 6.13. The Hall–Kier alpha value is -3.60. The van der Waals surface area contributed by atoms with Crippen LogP contribution in [0.25, 0.3) is 22.2 Å². The zero-order valence-corrected chi connectivity index (χ0v) is 15.0. The molecule has 0 N–H and O–H groups in total. The van der Waals surface area contributed by atoms with Crippen molar-refractivity contribution in [3.05, 3.63) is 73.1 Å². The fourth-order valence-corrected chi connectivity index (χ4v) is 2.90. The average Bonchev–Trinajstić information content (AvgIpc) is 3.17. The van der Waals surface area contributed by atoms with Crippen LogP contribution in [0.4, 0.5) is 0 Å². The highest BCUT2D eigenvalue weighted by molar-refractivity contribution is 5.89. The minimum Gasteiger partial charge on any atom is -0.497 e. The monoisotopic (exact) mass is 358 g/mol. The van der Waals surface area contributed by atoms with Crippen molar-refractivity contribution in [1.29, 1.82) is 0 Å². The first-order valence-corrected chi connectivity index (χ1v) is 8.55. The van der Waals surface area contributed by atoms with Gasteiger partial charge in [0.15, 0.2) is 0 Å². The molecule has 0 saturated carbocycles. The maximum absolute atomic E-state index is 11.5. The summed E-state index contributed by atoms with van der Waals surface area (Å²) in [5.41, 5.74) is 2.57. The quantitative estimate of drug-likeness (QED) is 0.505. The van der Waals surface area contributed by atoms with Crippen LogP contribution in [0.1, 0.15) is 11.7 Å². The van der Waals surface area contributed by atoms with Crippen molar-refractivity contribution < 1.29 is 14.3 Å². The SMILES string of the molecule is COc1ccc2c(Oc3ccn(C(C)=O)c3)cc(-c3ccccc3)nc2c1. The molecule has 0 unspecified atom stereocenters. The maximum Gasteiger partial charge on any atom is 0.227 e. The summed E-state index contributed by atoms with van der Waals surface area (Å²) in [6.07, 6.45) is 3.35. The Morgan fingerprint density at radius 3 is 2.52 bits per heavy atom. The molecule has 134 valence electrons. The minimum atomic E-state index is -0.0702. The molecule has 0 aliphatic rings. The van der Waals surface area contributed by atoms with Crippen molar-refractivity contribution in [2.45, 2.75) is 6.92 Å². The highest BCUT2D eigenvalue weighted by Gasteiger charge is 2.12. The van der Waals surface area contributed by atoms with Gasteiger partial charge in [0.25, 0.3) is 0 Å². The molecule has 0 amide bonds. The van der Waals surface area contributed by atoms with E-state index in [0.29, 0.717) is 11.5 Å². The van der Waals surface area contributed by atoms with Gasteiger partial charge in [-0.05, 0) is 18.2 Å². The molecule has 0 spiro atoms. The summed E-state index contributed by atoms with van der Waals surface area (Å²) < 4.78 is 12.9. The fourth-order valence-electron chi connectivity index (χ4n) is 2.90. The lowest BCUT2D eigenvalue weighted by atomic mass is 10.1. The van der Waals surface area contributed by atoms with Gasteiger partial charge in [0.1, 0.15) is 17.2 Å². The molecule has 2 heterocycles. The summed E-state index contributed by atoms with van der Waals surface area (Å²) in [7, 11) is 1.63. The Kier molecular flexibility index (Phi) is 4.34. The molecule has 5 nitrogen and oxygen atoms in total. The number of carbonyl (C=O) groups is 1. The zero-order valence-electron chi connectivity index (χ0n) is 15.0. The largest absolute Gasteiger partial charge is 0.497 e. The smallest absolute Gasteiger partial charge is 0.227 e. The fraction of sp³-hybridized carbons (Fsp3) is 0.0909. The number of aromatic nitrogens is 2. The molecule has 0 aliphatic heterocycles. The molecule has 4 rings (SSSR count). The predicted molar refractivity (Wildman–Crippen MR) is 105 cm³/mol. The lowest BCUT2D eigenvalue weighted by molar-refractivity contribution is 0.0936. The molecular weight excluding hydrogens is 340 g/mol. The number of methoxy groups -OCH3 is 1. The third-order valence-corrected chi connectivity index (χ3v) is 4.31. The zero-order chi connectivity index (χ0) is 18.8. The Bertz CT molecular complexity index is 1120. The van der Waals surface area contributed by atoms with Crippen LogP contribution in [0.15, 0.2) is 73.1 Å². The van der Waals surface area contributed by atoms with E-state index < -0.39 is 0 Å². The van der Waals surface area contributed by atoms with Crippen LogP contribution in [0.2, 0.25) is 0 Å². The first kappa shape index (κ1) is 16.8. The highest BCUT2D eigenvalue weighted by atomic mass is 16.5. The van der Waals surface area contributed by atoms with Gasteiger partial charge in [-0.25, -0.2) is 4.98 Å². The predicted octanol–water partition coefficient (Wildman–Crippen LogP) is 5.16. The van der Waals surface area contributed by atoms with Gasteiger partial charge in [0, 0.05) is 36.2 Å². The van der Waals surface area contributed by atoms with Crippen molar-refractivity contribution in [1.82, 2.24) is 9.55 Å². The number of benzene rings is 2. The molecule has 0 radical (unpaired) electrons. The summed E-state index contributed by atoms with van der Waals surface area (Å²) in [6, 6.07) is 19.3. The van der Waals surface area contributed by atoms with Crippen LogP contribution in [0.5, 0.6) is 17.2 Å². The molecule has 4 aromatic rings. The van der Waals surface area contributed by atoms with Crippen LogP contribution < -0.4 is 9.47 Å². The number of carbonyl (C=O) groups excluding carboxylic acids is 1. The number of ether oxygens (including phenoxy) is 2. The van der Waals surface area contributed by atoms with E-state index in [4.69, 9.17) is 14.5 Å². The Morgan fingerprint density at radius 1 is 1.00 bits per heavy atom. The van der Waals surface area contributed by atoms with Gasteiger partial charge >= 0.3 is 0 Å². The van der Waals surface area contributed by atoms with Crippen molar-refractivity contribution in [2.24, 2.45) is 0 Å². The van der Waals surface area contributed by atoms with Gasteiger partial charge in [-0.2, -0.15) is 0 Å². The molecule has 0 fully saturated rings. The normalized spacial score (nSPS) is 10.7. The molecule has 27 heavy (non-hydrogen) atoms. The van der Waals surface area contributed by atoms with E-state index in [2.05, 4.69) is 0 Å². The number of hydrogen-bond acceptors (Lipinski definition) is 4. The van der Waals surface area contributed by atoms with Crippen LogP contribution in [0.3, 0.4) is 0 Å². The minimum absolute atomic E-state index is 0.0702. The van der Waals surface area contributed by atoms with Crippen LogP contribution in [-0.2, 0) is 0 Å². The molecule has 0 saturated heterocycles. The van der Waals surface area contributed by atoms with E-state index in [1.54, 1.807) is 25.6 Å². The van der Waals surface area contributed by atoms with E-state index in [0.717, 1.165) is 27.9 Å². The third-order valence-electron chi connectivity index (χ3n) is 4.31. The van der Waals surface area contributed by atoms with Gasteiger partial charge in [0.05, 0.1) is 24.5 Å². The molecule has 5 heteroatoms. The summed E-state index contributed by atoms with van der Waals surface area (Å²) >= 11 is 0. The summed E-state index contributed by atoms with van der Waals surface area (Å²) in [5, 5.41) is 0.867. The first-order valence-electron chi connectivity index (χ1n) is 8.55. The van der Waals surface area contributed by atoms with Crippen LogP contribution in [0, 0.1) is 0 Å². The first-order chi connectivity index (χ1) is 13.1. The van der Waals surface area contributed by atoms with Gasteiger partial charge in [-0.15, -0.1) is 0 Å². The molecule has 0 atom stereocenters. The summed E-state index contributed by atoms with van der Waals surface area (Å²) in [4.78, 5) is 16.3. The second kappa shape index (κ2) is 6.96. The summed E-state index contributed by atoms with van der Waals surface area (Å²) in [5.74, 6) is 1.92. The Morgan fingerprint density at radius 2 is 1.81 bits per heavy atom. The Balaban J connectivity index is 1.84. The molecule has 0 aliphatic carbocycles.